The number of aromatic nitrogens is 1. The molecule has 4 aromatic rings. The molecular formula is C26H24N2O2. The van der Waals surface area contributed by atoms with Gasteiger partial charge in [0.25, 0.3) is 5.91 Å². The Hall–Kier alpha value is -3.66. The Bertz CT molecular complexity index is 1200. The standard InChI is InChI=1S/C26H24N2O2/c1-17-7-6-8-20(15-17)25-16-23(22-9-4-5-10-24(22)28-25)26(29)27-18(2)19-11-13-21(30-3)14-12-19/h4-16,18H,1-3H3,(H,27,29). The minimum absolute atomic E-state index is 0.120. The molecule has 0 bridgehead atoms. The van der Waals surface area contributed by atoms with Gasteiger partial charge in [-0.15, -0.1) is 0 Å². The van der Waals surface area contributed by atoms with Gasteiger partial charge in [0, 0.05) is 10.9 Å². The molecule has 1 amide bonds. The van der Waals surface area contributed by atoms with Crippen LogP contribution in [0.4, 0.5) is 0 Å². The summed E-state index contributed by atoms with van der Waals surface area (Å²) in [4.78, 5) is 18.0. The Balaban J connectivity index is 1.70. The molecule has 4 heteroatoms. The summed E-state index contributed by atoms with van der Waals surface area (Å²) in [7, 11) is 1.64. The molecule has 1 aromatic heterocycles. The summed E-state index contributed by atoms with van der Waals surface area (Å²) in [5, 5.41) is 3.97. The molecule has 0 aliphatic carbocycles. The third kappa shape index (κ3) is 4.03. The summed E-state index contributed by atoms with van der Waals surface area (Å²) >= 11 is 0. The lowest BCUT2D eigenvalue weighted by Gasteiger charge is -2.16. The maximum atomic E-state index is 13.3. The third-order valence-electron chi connectivity index (χ3n) is 5.24. The lowest BCUT2D eigenvalue weighted by atomic mass is 10.0. The van der Waals surface area contributed by atoms with Crippen molar-refractivity contribution in [2.45, 2.75) is 19.9 Å². The van der Waals surface area contributed by atoms with E-state index in [4.69, 9.17) is 9.72 Å². The van der Waals surface area contributed by atoms with E-state index in [9.17, 15) is 4.79 Å². The predicted octanol–water partition coefficient (Wildman–Crippen LogP) is 5.71. The van der Waals surface area contributed by atoms with Crippen molar-refractivity contribution in [2.75, 3.05) is 7.11 Å². The highest BCUT2D eigenvalue weighted by Crippen LogP contribution is 2.26. The molecule has 30 heavy (non-hydrogen) atoms. The van der Waals surface area contributed by atoms with Crippen molar-refractivity contribution < 1.29 is 9.53 Å². The van der Waals surface area contributed by atoms with Crippen LogP contribution in [0.2, 0.25) is 0 Å². The van der Waals surface area contributed by atoms with Crippen LogP contribution in [-0.2, 0) is 0 Å². The molecule has 0 aliphatic rings. The van der Waals surface area contributed by atoms with Crippen molar-refractivity contribution in [3.8, 4) is 17.0 Å². The normalized spacial score (nSPS) is 11.8. The Morgan fingerprint density at radius 2 is 1.73 bits per heavy atom. The van der Waals surface area contributed by atoms with Gasteiger partial charge < -0.3 is 10.1 Å². The van der Waals surface area contributed by atoms with Crippen LogP contribution in [0.1, 0.15) is 34.5 Å². The fourth-order valence-electron chi connectivity index (χ4n) is 3.57. The van der Waals surface area contributed by atoms with Gasteiger partial charge in [-0.25, -0.2) is 4.98 Å². The smallest absolute Gasteiger partial charge is 0.252 e. The van der Waals surface area contributed by atoms with Gasteiger partial charge in [0.05, 0.1) is 29.9 Å². The maximum absolute atomic E-state index is 13.3. The van der Waals surface area contributed by atoms with E-state index in [1.165, 1.54) is 0 Å². The van der Waals surface area contributed by atoms with Gasteiger partial charge in [-0.3, -0.25) is 4.79 Å². The molecule has 1 heterocycles. The van der Waals surface area contributed by atoms with Gasteiger partial charge in [0.15, 0.2) is 0 Å². The summed E-state index contributed by atoms with van der Waals surface area (Å²) < 4.78 is 5.22. The number of rotatable bonds is 5. The average molecular weight is 396 g/mol. The SMILES string of the molecule is COc1ccc(C(C)NC(=O)c2cc(-c3cccc(C)c3)nc3ccccc23)cc1. The van der Waals surface area contributed by atoms with Gasteiger partial charge in [-0.1, -0.05) is 54.1 Å². The number of amides is 1. The second-order valence-electron chi connectivity index (χ2n) is 7.41. The molecule has 0 spiro atoms. The van der Waals surface area contributed by atoms with E-state index in [0.717, 1.165) is 39.0 Å². The minimum atomic E-state index is -0.141. The Morgan fingerprint density at radius 1 is 0.967 bits per heavy atom. The summed E-state index contributed by atoms with van der Waals surface area (Å²) in [6, 6.07) is 25.4. The number of carbonyl (C=O) groups is 1. The predicted molar refractivity (Wildman–Crippen MR) is 121 cm³/mol. The third-order valence-corrected chi connectivity index (χ3v) is 5.24. The second-order valence-corrected chi connectivity index (χ2v) is 7.41. The number of nitrogens with zero attached hydrogens (tertiary/aromatic N) is 1. The first-order valence-corrected chi connectivity index (χ1v) is 9.97. The van der Waals surface area contributed by atoms with Crippen molar-refractivity contribution in [1.82, 2.24) is 10.3 Å². The number of hydrogen-bond donors (Lipinski definition) is 1. The van der Waals surface area contributed by atoms with Crippen LogP contribution >= 0.6 is 0 Å². The van der Waals surface area contributed by atoms with E-state index in [1.54, 1.807) is 7.11 Å². The van der Waals surface area contributed by atoms with E-state index in [0.29, 0.717) is 5.56 Å². The van der Waals surface area contributed by atoms with Gasteiger partial charge in [-0.05, 0) is 49.7 Å². The minimum Gasteiger partial charge on any atom is -0.497 e. The van der Waals surface area contributed by atoms with E-state index >= 15 is 0 Å². The number of fused-ring (bicyclic) bond motifs is 1. The topological polar surface area (TPSA) is 51.2 Å². The molecule has 1 atom stereocenters. The zero-order valence-electron chi connectivity index (χ0n) is 17.3. The lowest BCUT2D eigenvalue weighted by molar-refractivity contribution is 0.0941. The van der Waals surface area contributed by atoms with Crippen LogP contribution in [-0.4, -0.2) is 18.0 Å². The Labute approximate surface area is 176 Å². The first-order valence-electron chi connectivity index (χ1n) is 9.97. The summed E-state index contributed by atoms with van der Waals surface area (Å²) in [6.45, 7) is 4.03. The van der Waals surface area contributed by atoms with Crippen molar-refractivity contribution >= 4 is 16.8 Å². The first-order chi connectivity index (χ1) is 14.5. The monoisotopic (exact) mass is 396 g/mol. The number of para-hydroxylation sites is 1. The van der Waals surface area contributed by atoms with E-state index < -0.39 is 0 Å². The highest BCUT2D eigenvalue weighted by atomic mass is 16.5. The maximum Gasteiger partial charge on any atom is 0.252 e. The number of methoxy groups -OCH3 is 1. The highest BCUT2D eigenvalue weighted by molar-refractivity contribution is 6.07. The fourth-order valence-corrected chi connectivity index (χ4v) is 3.57. The summed E-state index contributed by atoms with van der Waals surface area (Å²) in [5.41, 5.74) is 5.39. The molecule has 1 unspecified atom stereocenters. The zero-order valence-corrected chi connectivity index (χ0v) is 17.3. The van der Waals surface area contributed by atoms with Crippen LogP contribution in [0.25, 0.3) is 22.2 Å². The molecule has 150 valence electrons. The first kappa shape index (κ1) is 19.6. The molecule has 0 radical (unpaired) electrons. The second kappa shape index (κ2) is 8.37. The molecule has 4 nitrogen and oxygen atoms in total. The van der Waals surface area contributed by atoms with Crippen LogP contribution in [0.15, 0.2) is 78.9 Å². The zero-order chi connectivity index (χ0) is 21.1. The van der Waals surface area contributed by atoms with E-state index in [1.807, 2.05) is 73.7 Å². The average Bonchev–Trinajstić information content (AvgIpc) is 2.78. The molecule has 4 rings (SSSR count). The number of carbonyl (C=O) groups excluding carboxylic acids is 1. The number of hydrogen-bond acceptors (Lipinski definition) is 3. The Kier molecular flexibility index (Phi) is 5.48. The number of pyridine rings is 1. The van der Waals surface area contributed by atoms with Crippen molar-refractivity contribution in [3.05, 3.63) is 95.6 Å². The van der Waals surface area contributed by atoms with Crippen molar-refractivity contribution in [2.24, 2.45) is 0 Å². The molecule has 0 saturated carbocycles. The molecule has 0 saturated heterocycles. The molecule has 0 fully saturated rings. The molecular weight excluding hydrogens is 372 g/mol. The fraction of sp³-hybridized carbons (Fsp3) is 0.154. The highest BCUT2D eigenvalue weighted by Gasteiger charge is 2.17. The van der Waals surface area contributed by atoms with Crippen molar-refractivity contribution in [3.63, 3.8) is 0 Å². The number of nitrogens with one attached hydrogen (secondary N) is 1. The van der Waals surface area contributed by atoms with Crippen LogP contribution in [0.3, 0.4) is 0 Å². The van der Waals surface area contributed by atoms with Crippen LogP contribution in [0.5, 0.6) is 5.75 Å². The van der Waals surface area contributed by atoms with Crippen LogP contribution < -0.4 is 10.1 Å². The molecule has 0 aliphatic heterocycles. The number of aryl methyl sites for hydroxylation is 1. The van der Waals surface area contributed by atoms with E-state index in [2.05, 4.69) is 24.4 Å². The quantitative estimate of drug-likeness (QED) is 0.470. The van der Waals surface area contributed by atoms with Gasteiger partial charge >= 0.3 is 0 Å². The largest absolute Gasteiger partial charge is 0.497 e. The number of ether oxygens (including phenoxy) is 1. The van der Waals surface area contributed by atoms with Gasteiger partial charge in [0.1, 0.15) is 5.75 Å². The van der Waals surface area contributed by atoms with Crippen molar-refractivity contribution in [1.29, 1.82) is 0 Å². The lowest BCUT2D eigenvalue weighted by Crippen LogP contribution is -2.27. The molecule has 1 N–H and O–H groups in total. The molecule has 3 aromatic carbocycles. The van der Waals surface area contributed by atoms with Crippen LogP contribution in [0, 0.1) is 6.92 Å². The number of benzene rings is 3. The summed E-state index contributed by atoms with van der Waals surface area (Å²) in [6.07, 6.45) is 0. The van der Waals surface area contributed by atoms with Gasteiger partial charge in [0.2, 0.25) is 0 Å². The Morgan fingerprint density at radius 3 is 2.47 bits per heavy atom. The summed E-state index contributed by atoms with van der Waals surface area (Å²) in [5.74, 6) is 0.672. The van der Waals surface area contributed by atoms with Gasteiger partial charge in [-0.2, -0.15) is 0 Å². The van der Waals surface area contributed by atoms with E-state index in [-0.39, 0.29) is 11.9 Å².